The molecule has 1 amide bonds. The lowest BCUT2D eigenvalue weighted by Crippen LogP contribution is -2.58. The molecule has 3 nitrogen and oxygen atoms in total. The van der Waals surface area contributed by atoms with Gasteiger partial charge in [-0.05, 0) is 41.5 Å². The number of carbonyl (C=O) groups is 1. The first-order valence-corrected chi connectivity index (χ1v) is 10.3. The van der Waals surface area contributed by atoms with Crippen molar-refractivity contribution in [1.82, 2.24) is 10.3 Å². The average molecular weight is 541 g/mol. The molecule has 0 saturated carbocycles. The minimum Gasteiger partial charge on any atom is -0.335 e. The zero-order valence-corrected chi connectivity index (χ0v) is 18.4. The molecule has 0 bridgehead atoms. The van der Waals surface area contributed by atoms with Gasteiger partial charge in [0.15, 0.2) is 0 Å². The highest BCUT2D eigenvalue weighted by atomic mass is 35.5. The number of benzene rings is 2. The monoisotopic (exact) mass is 540 g/mol. The van der Waals surface area contributed by atoms with Gasteiger partial charge >= 0.3 is 24.2 Å². The summed E-state index contributed by atoms with van der Waals surface area (Å²) in [4.78, 5) is 16.2. The highest BCUT2D eigenvalue weighted by Crippen LogP contribution is 2.41. The van der Waals surface area contributed by atoms with Crippen molar-refractivity contribution >= 4 is 17.5 Å². The molecule has 0 aliphatic heterocycles. The van der Waals surface area contributed by atoms with Crippen LogP contribution in [0.15, 0.2) is 66.9 Å². The molecule has 2 aromatic carbocycles. The van der Waals surface area contributed by atoms with Crippen molar-refractivity contribution < 1.29 is 44.3 Å². The van der Waals surface area contributed by atoms with Crippen LogP contribution in [-0.4, -0.2) is 23.0 Å². The van der Waals surface area contributed by atoms with Crippen LogP contribution < -0.4 is 5.32 Å². The number of amides is 1. The molecule has 3 aromatic rings. The Hall–Kier alpha value is -3.28. The molecule has 0 saturated heterocycles. The zero-order valence-electron chi connectivity index (χ0n) is 17.7. The maximum absolute atomic E-state index is 14.4. The Balaban J connectivity index is 2.36. The summed E-state index contributed by atoms with van der Waals surface area (Å²) in [6.45, 7) is 0. The van der Waals surface area contributed by atoms with E-state index in [9.17, 15) is 44.3 Å². The van der Waals surface area contributed by atoms with Crippen LogP contribution in [0.5, 0.6) is 0 Å². The molecule has 0 radical (unpaired) electrons. The first-order chi connectivity index (χ1) is 16.6. The smallest absolute Gasteiger partial charge is 0.335 e. The topological polar surface area (TPSA) is 42.0 Å². The van der Waals surface area contributed by atoms with E-state index < -0.39 is 58.8 Å². The molecular weight excluding hydrogens is 527 g/mol. The fraction of sp³-hybridized carbons (Fsp3) is 0.217. The largest absolute Gasteiger partial charge is 0.463 e. The van der Waals surface area contributed by atoms with E-state index in [1.165, 1.54) is 35.6 Å². The van der Waals surface area contributed by atoms with E-state index in [-0.39, 0.29) is 16.7 Å². The van der Waals surface area contributed by atoms with E-state index in [0.29, 0.717) is 12.1 Å². The molecule has 3 rings (SSSR count). The Labute approximate surface area is 202 Å². The second-order valence-corrected chi connectivity index (χ2v) is 8.12. The molecule has 0 unspecified atom stereocenters. The van der Waals surface area contributed by atoms with E-state index in [2.05, 4.69) is 4.98 Å². The van der Waals surface area contributed by atoms with Gasteiger partial charge in [-0.2, -0.15) is 35.1 Å². The molecule has 0 spiro atoms. The number of aromatic nitrogens is 1. The lowest BCUT2D eigenvalue weighted by Gasteiger charge is -2.37. The number of pyridine rings is 1. The van der Waals surface area contributed by atoms with Crippen LogP contribution in [0.1, 0.15) is 22.4 Å². The van der Waals surface area contributed by atoms with E-state index in [0.717, 1.165) is 18.3 Å². The van der Waals surface area contributed by atoms with Gasteiger partial charge in [-0.1, -0.05) is 41.9 Å². The third-order valence-electron chi connectivity index (χ3n) is 5.16. The summed E-state index contributed by atoms with van der Waals surface area (Å²) in [6.07, 6.45) is -11.2. The third kappa shape index (κ3) is 5.58. The minimum absolute atomic E-state index is 0.0190. The van der Waals surface area contributed by atoms with E-state index in [4.69, 9.17) is 11.6 Å². The van der Waals surface area contributed by atoms with Crippen LogP contribution >= 0.6 is 11.6 Å². The standard InChI is InChI=1S/C23H14ClF9N2O/c24-16-6-7-18(34-12-16)20(11-13-4-2-1-3-5-13,35-19(36)21(26,27)23(31,32)33)14-8-15(22(28,29)30)10-17(25)9-14/h1-10,12H,11H2,(H,35,36)/t20-/m1/s1. The van der Waals surface area contributed by atoms with Crippen LogP contribution in [0.3, 0.4) is 0 Å². The normalized spacial score (nSPS) is 14.3. The van der Waals surface area contributed by atoms with E-state index in [1.807, 2.05) is 0 Å². The Bertz CT molecular complexity index is 1230. The van der Waals surface area contributed by atoms with Gasteiger partial charge in [-0.3, -0.25) is 9.78 Å². The maximum atomic E-state index is 14.4. The number of hydrogen-bond acceptors (Lipinski definition) is 2. The predicted molar refractivity (Wildman–Crippen MR) is 111 cm³/mol. The van der Waals surface area contributed by atoms with Gasteiger partial charge in [0.1, 0.15) is 11.4 Å². The zero-order chi connectivity index (χ0) is 26.9. The van der Waals surface area contributed by atoms with Crippen molar-refractivity contribution in [2.45, 2.75) is 30.2 Å². The van der Waals surface area contributed by atoms with Crippen molar-refractivity contribution in [3.8, 4) is 0 Å². The number of carbonyl (C=O) groups excluding carboxylic acids is 1. The molecule has 192 valence electrons. The predicted octanol–water partition coefficient (Wildman–Crippen LogP) is 6.69. The van der Waals surface area contributed by atoms with Crippen LogP contribution in [0.2, 0.25) is 5.02 Å². The summed E-state index contributed by atoms with van der Waals surface area (Å²) in [5.74, 6) is -10.3. The van der Waals surface area contributed by atoms with Gasteiger partial charge in [0.05, 0.1) is 16.3 Å². The Morgan fingerprint density at radius 2 is 1.47 bits per heavy atom. The summed E-state index contributed by atoms with van der Waals surface area (Å²) >= 11 is 5.79. The molecule has 0 aliphatic carbocycles. The summed E-state index contributed by atoms with van der Waals surface area (Å²) in [5.41, 5.74) is -5.25. The fourth-order valence-corrected chi connectivity index (χ4v) is 3.56. The molecule has 0 fully saturated rings. The lowest BCUT2D eigenvalue weighted by atomic mass is 9.79. The molecule has 1 heterocycles. The van der Waals surface area contributed by atoms with E-state index in [1.54, 1.807) is 0 Å². The van der Waals surface area contributed by atoms with Crippen molar-refractivity contribution in [3.63, 3.8) is 0 Å². The molecule has 1 N–H and O–H groups in total. The number of nitrogens with zero attached hydrogens (tertiary/aromatic N) is 1. The molecule has 1 atom stereocenters. The third-order valence-corrected chi connectivity index (χ3v) is 5.39. The number of alkyl halides is 8. The van der Waals surface area contributed by atoms with E-state index >= 15 is 0 Å². The minimum atomic E-state index is -6.33. The van der Waals surface area contributed by atoms with Crippen LogP contribution in [0, 0.1) is 5.82 Å². The number of hydrogen-bond donors (Lipinski definition) is 1. The van der Waals surface area contributed by atoms with Crippen molar-refractivity contribution in [2.24, 2.45) is 0 Å². The highest BCUT2D eigenvalue weighted by molar-refractivity contribution is 6.30. The molecule has 13 heteroatoms. The van der Waals surface area contributed by atoms with Crippen LogP contribution in [0.25, 0.3) is 0 Å². The van der Waals surface area contributed by atoms with Crippen molar-refractivity contribution in [2.75, 3.05) is 0 Å². The number of rotatable bonds is 6. The van der Waals surface area contributed by atoms with Gasteiger partial charge in [0, 0.05) is 12.6 Å². The van der Waals surface area contributed by atoms with Gasteiger partial charge in [0.2, 0.25) is 0 Å². The second-order valence-electron chi connectivity index (χ2n) is 7.68. The quantitative estimate of drug-likeness (QED) is 0.354. The molecular formula is C23H14ClF9N2O. The SMILES string of the molecule is O=C(N[C@](Cc1ccccc1)(c1cc(F)cc(C(F)(F)F)c1)c1ccc(Cl)cn1)C(F)(F)C(F)(F)F. The van der Waals surface area contributed by atoms with Crippen LogP contribution in [-0.2, 0) is 22.9 Å². The van der Waals surface area contributed by atoms with Gasteiger partial charge in [-0.25, -0.2) is 4.39 Å². The Morgan fingerprint density at radius 1 is 0.861 bits per heavy atom. The highest BCUT2D eigenvalue weighted by Gasteiger charge is 2.64. The molecule has 36 heavy (non-hydrogen) atoms. The first kappa shape index (κ1) is 27.3. The molecule has 0 aliphatic rings. The molecule has 1 aromatic heterocycles. The number of nitrogens with one attached hydrogen (secondary N) is 1. The summed E-state index contributed by atoms with van der Waals surface area (Å²) < 4.78 is 122. The summed E-state index contributed by atoms with van der Waals surface area (Å²) in [6, 6.07) is 10.3. The van der Waals surface area contributed by atoms with Crippen molar-refractivity contribution in [3.05, 3.63) is 100 Å². The Morgan fingerprint density at radius 3 is 2.00 bits per heavy atom. The summed E-state index contributed by atoms with van der Waals surface area (Å²) in [5, 5.41) is 1.52. The van der Waals surface area contributed by atoms with Gasteiger partial charge < -0.3 is 5.32 Å². The van der Waals surface area contributed by atoms with Gasteiger partial charge in [0.25, 0.3) is 0 Å². The number of halogens is 10. The Kier molecular flexibility index (Phi) is 7.31. The van der Waals surface area contributed by atoms with Crippen LogP contribution in [0.4, 0.5) is 39.5 Å². The lowest BCUT2D eigenvalue weighted by molar-refractivity contribution is -0.270. The summed E-state index contributed by atoms with van der Waals surface area (Å²) in [7, 11) is 0. The maximum Gasteiger partial charge on any atom is 0.463 e. The fourth-order valence-electron chi connectivity index (χ4n) is 3.45. The second kappa shape index (κ2) is 9.64. The van der Waals surface area contributed by atoms with Crippen molar-refractivity contribution in [1.29, 1.82) is 0 Å². The van der Waals surface area contributed by atoms with Gasteiger partial charge in [-0.15, -0.1) is 0 Å². The average Bonchev–Trinajstić information content (AvgIpc) is 2.78. The first-order valence-electron chi connectivity index (χ1n) is 9.87.